The molecule has 1 aromatic carbocycles. The van der Waals surface area contributed by atoms with Gasteiger partial charge in [-0.3, -0.25) is 0 Å². The predicted octanol–water partition coefficient (Wildman–Crippen LogP) is 4.31. The van der Waals surface area contributed by atoms with E-state index in [9.17, 15) is 4.48 Å². The van der Waals surface area contributed by atoms with Gasteiger partial charge in [0.05, 0.1) is 22.3 Å². The van der Waals surface area contributed by atoms with E-state index >= 15 is 0 Å². The van der Waals surface area contributed by atoms with Crippen LogP contribution < -0.4 is 10.9 Å². The summed E-state index contributed by atoms with van der Waals surface area (Å²) < 4.78 is 22.1. The van der Waals surface area contributed by atoms with Crippen molar-refractivity contribution in [2.24, 2.45) is 0 Å². The molecule has 0 aliphatic heterocycles. The Morgan fingerprint density at radius 2 is 2.08 bits per heavy atom. The van der Waals surface area contributed by atoms with Gasteiger partial charge in [0.1, 0.15) is 0 Å². The van der Waals surface area contributed by atoms with E-state index in [-0.39, 0.29) is 0 Å². The van der Waals surface area contributed by atoms with Gasteiger partial charge in [-0.2, -0.15) is 0 Å². The van der Waals surface area contributed by atoms with Crippen molar-refractivity contribution >= 4 is 22.7 Å². The Hall–Kier alpha value is -1.82. The van der Waals surface area contributed by atoms with Crippen molar-refractivity contribution in [1.29, 1.82) is 0 Å². The highest BCUT2D eigenvalue weighted by Crippen LogP contribution is 2.31. The molecule has 1 heterocycles. The first-order chi connectivity index (χ1) is 11.4. The highest BCUT2D eigenvalue weighted by atomic mass is 19.2. The maximum Gasteiger partial charge on any atom is 0.201 e. The maximum absolute atomic E-state index is 14.8. The number of halogens is 1. The quantitative estimate of drug-likeness (QED) is 0.547. The molecule has 0 radical (unpaired) electrons. The molecule has 2 aromatic rings. The number of fused-ring (bicyclic) bond motifs is 1. The third kappa shape index (κ3) is 3.98. The zero-order chi connectivity index (χ0) is 17.7. The summed E-state index contributed by atoms with van der Waals surface area (Å²) in [6.45, 7) is 9.99. The van der Waals surface area contributed by atoms with E-state index in [2.05, 4.69) is 11.9 Å². The fourth-order valence-electron chi connectivity index (χ4n) is 3.02. The number of nitrogens with zero attached hydrogens (tertiary/aromatic N) is 3. The number of benzene rings is 1. The molecule has 5 nitrogen and oxygen atoms in total. The molecule has 0 atom stereocenters. The van der Waals surface area contributed by atoms with Crippen LogP contribution in [0, 0.1) is 0 Å². The zero-order valence-corrected chi connectivity index (χ0v) is 15.2. The van der Waals surface area contributed by atoms with Gasteiger partial charge in [-0.1, -0.05) is 17.8 Å². The molecule has 2 N–H and O–H groups in total. The number of aromatic nitrogens is 2. The van der Waals surface area contributed by atoms with Crippen LogP contribution in [0.3, 0.4) is 0 Å². The summed E-state index contributed by atoms with van der Waals surface area (Å²) in [5.74, 6) is 0.455. The first-order valence-electron chi connectivity index (χ1n) is 8.70. The molecule has 0 bridgehead atoms. The van der Waals surface area contributed by atoms with Crippen molar-refractivity contribution in [3.63, 3.8) is 0 Å². The van der Waals surface area contributed by atoms with Crippen molar-refractivity contribution in [3.05, 3.63) is 18.2 Å². The number of rotatable bonds is 9. The predicted molar refractivity (Wildman–Crippen MR) is 97.8 cm³/mol. The molecule has 0 aliphatic rings. The molecule has 134 valence electrons. The maximum atomic E-state index is 14.8. The molecule has 0 unspecified atom stereocenters. The van der Waals surface area contributed by atoms with E-state index in [1.165, 1.54) is 0 Å². The Labute approximate surface area is 143 Å². The number of hydrogen-bond acceptors (Lipinski definition) is 4. The van der Waals surface area contributed by atoms with Crippen LogP contribution >= 0.6 is 0 Å². The van der Waals surface area contributed by atoms with Crippen LogP contribution in [-0.4, -0.2) is 28.3 Å². The molecule has 1 aromatic heterocycles. The van der Waals surface area contributed by atoms with E-state index in [4.69, 9.17) is 10.5 Å². The van der Waals surface area contributed by atoms with E-state index in [0.29, 0.717) is 24.8 Å². The van der Waals surface area contributed by atoms with E-state index in [1.54, 1.807) is 12.1 Å². The van der Waals surface area contributed by atoms with Gasteiger partial charge < -0.3 is 15.0 Å². The topological polar surface area (TPSA) is 56.3 Å². The summed E-state index contributed by atoms with van der Waals surface area (Å²) in [6, 6.07) is 5.45. The van der Waals surface area contributed by atoms with Crippen LogP contribution in [0.25, 0.3) is 11.0 Å². The molecule has 0 saturated heterocycles. The number of aryl methyl sites for hydroxylation is 1. The molecule has 24 heavy (non-hydrogen) atoms. The van der Waals surface area contributed by atoms with Crippen LogP contribution in [-0.2, 0) is 11.3 Å². The molecule has 0 spiro atoms. The van der Waals surface area contributed by atoms with Crippen molar-refractivity contribution in [3.8, 4) is 0 Å². The number of nitrogen functional groups attached to an aromatic ring is 1. The van der Waals surface area contributed by atoms with Gasteiger partial charge in [0.2, 0.25) is 5.95 Å². The Bertz CT molecular complexity index is 668. The standard InChI is InChI=1S/C18H29FN4O/c1-5-10-18(3,4)23(19)14-8-9-16-15(13-14)21-17(20)22(16)11-7-12-24-6-2/h8-9,13H,5-7,10-12H2,1-4H3,(H2,20,21). The third-order valence-corrected chi connectivity index (χ3v) is 4.26. The van der Waals surface area contributed by atoms with Crippen LogP contribution in [0.2, 0.25) is 0 Å². The number of hydrogen-bond donors (Lipinski definition) is 1. The molecule has 0 aliphatic carbocycles. The van der Waals surface area contributed by atoms with Crippen molar-refractivity contribution in [2.45, 2.75) is 59.0 Å². The number of imidazole rings is 1. The minimum absolute atomic E-state index is 0.455. The number of nitrogens with two attached hydrogens (primary N) is 1. The molecule has 6 heteroatoms. The SMILES string of the molecule is CCCC(C)(C)N(F)c1ccc2c(c1)nc(N)n2CCCOCC. The second-order valence-electron chi connectivity index (χ2n) is 6.69. The first kappa shape index (κ1) is 18.5. The molecular formula is C18H29FN4O. The van der Waals surface area contributed by atoms with Gasteiger partial charge in [-0.15, -0.1) is 0 Å². The smallest absolute Gasteiger partial charge is 0.201 e. The van der Waals surface area contributed by atoms with Gasteiger partial charge in [-0.05, 0) is 51.8 Å². The molecular weight excluding hydrogens is 307 g/mol. The zero-order valence-electron chi connectivity index (χ0n) is 15.2. The highest BCUT2D eigenvalue weighted by Gasteiger charge is 2.27. The molecule has 0 saturated carbocycles. The largest absolute Gasteiger partial charge is 0.382 e. The summed E-state index contributed by atoms with van der Waals surface area (Å²) in [5.41, 5.74) is 7.64. The van der Waals surface area contributed by atoms with Gasteiger partial charge in [0.15, 0.2) is 0 Å². The van der Waals surface area contributed by atoms with Crippen molar-refractivity contribution < 1.29 is 9.22 Å². The van der Waals surface area contributed by atoms with Crippen LogP contribution in [0.15, 0.2) is 18.2 Å². The number of anilines is 2. The lowest BCUT2D eigenvalue weighted by molar-refractivity contribution is 0.142. The van der Waals surface area contributed by atoms with Crippen LogP contribution in [0.4, 0.5) is 16.1 Å². The number of ether oxygens (including phenoxy) is 1. The second-order valence-corrected chi connectivity index (χ2v) is 6.69. The van der Waals surface area contributed by atoms with Crippen molar-refractivity contribution in [2.75, 3.05) is 24.1 Å². The van der Waals surface area contributed by atoms with Crippen LogP contribution in [0.5, 0.6) is 0 Å². The Kier molecular flexibility index (Phi) is 6.04. The average molecular weight is 336 g/mol. The van der Waals surface area contributed by atoms with Crippen LogP contribution in [0.1, 0.15) is 47.0 Å². The summed E-state index contributed by atoms with van der Waals surface area (Å²) in [4.78, 5) is 4.39. The lowest BCUT2D eigenvalue weighted by atomic mass is 9.98. The average Bonchev–Trinajstić information content (AvgIpc) is 2.85. The van der Waals surface area contributed by atoms with Gasteiger partial charge in [0, 0.05) is 19.8 Å². The molecule has 0 fully saturated rings. The fraction of sp³-hybridized carbons (Fsp3) is 0.611. The fourth-order valence-corrected chi connectivity index (χ4v) is 3.02. The first-order valence-corrected chi connectivity index (χ1v) is 8.70. The summed E-state index contributed by atoms with van der Waals surface area (Å²) in [5, 5.41) is 0.834. The Balaban J connectivity index is 2.23. The monoisotopic (exact) mass is 336 g/mol. The Morgan fingerprint density at radius 3 is 2.75 bits per heavy atom. The summed E-state index contributed by atoms with van der Waals surface area (Å²) in [7, 11) is 0. The van der Waals surface area contributed by atoms with Crippen molar-refractivity contribution in [1.82, 2.24) is 9.55 Å². The summed E-state index contributed by atoms with van der Waals surface area (Å²) in [6.07, 6.45) is 2.57. The third-order valence-electron chi connectivity index (χ3n) is 4.26. The van der Waals surface area contributed by atoms with Gasteiger partial charge in [0.25, 0.3) is 0 Å². The normalized spacial score (nSPS) is 12.0. The lowest BCUT2D eigenvalue weighted by Gasteiger charge is -2.32. The minimum atomic E-state index is -0.548. The second kappa shape index (κ2) is 7.83. The van der Waals surface area contributed by atoms with E-state index in [1.807, 2.05) is 31.4 Å². The minimum Gasteiger partial charge on any atom is -0.382 e. The highest BCUT2D eigenvalue weighted by molar-refractivity contribution is 5.82. The van der Waals surface area contributed by atoms with Gasteiger partial charge >= 0.3 is 0 Å². The molecule has 0 amide bonds. The molecule has 2 rings (SSSR count). The lowest BCUT2D eigenvalue weighted by Crippen LogP contribution is -2.38. The van der Waals surface area contributed by atoms with E-state index < -0.39 is 5.54 Å². The van der Waals surface area contributed by atoms with E-state index in [0.717, 1.165) is 42.0 Å². The summed E-state index contributed by atoms with van der Waals surface area (Å²) >= 11 is 0. The van der Waals surface area contributed by atoms with Gasteiger partial charge in [-0.25, -0.2) is 10.1 Å². The Morgan fingerprint density at radius 1 is 1.33 bits per heavy atom.